The van der Waals surface area contributed by atoms with Crippen LogP contribution in [0.3, 0.4) is 0 Å². The van der Waals surface area contributed by atoms with E-state index >= 15 is 0 Å². The van der Waals surface area contributed by atoms with Crippen molar-refractivity contribution in [3.63, 3.8) is 0 Å². The summed E-state index contributed by atoms with van der Waals surface area (Å²) in [4.78, 5) is 11.1. The number of hydrogen-bond donors (Lipinski definition) is 2. The van der Waals surface area contributed by atoms with E-state index in [1.54, 1.807) is 0 Å². The first-order valence-corrected chi connectivity index (χ1v) is 8.46. The topological polar surface area (TPSA) is 98.5 Å². The lowest BCUT2D eigenvalue weighted by Crippen LogP contribution is -2.49. The fourth-order valence-corrected chi connectivity index (χ4v) is 3.73. The van der Waals surface area contributed by atoms with E-state index < -0.39 is 32.1 Å². The Morgan fingerprint density at radius 1 is 1.41 bits per heavy atom. The average Bonchev–Trinajstić information content (AvgIpc) is 2.49. The molecule has 0 unspecified atom stereocenters. The molecule has 0 radical (unpaired) electrons. The number of primary amides is 1. The Kier molecular flexibility index (Phi) is 5.06. The summed E-state index contributed by atoms with van der Waals surface area (Å²) < 4.78 is 45.7. The Hall–Kier alpha value is -1.22. The van der Waals surface area contributed by atoms with Crippen molar-refractivity contribution in [2.24, 2.45) is 11.1 Å². The highest BCUT2D eigenvalue weighted by Gasteiger charge is 2.39. The van der Waals surface area contributed by atoms with Crippen LogP contribution in [0.2, 0.25) is 5.02 Å². The molecule has 6 nitrogen and oxygen atoms in total. The van der Waals surface area contributed by atoms with Gasteiger partial charge in [0.1, 0.15) is 4.90 Å². The summed E-state index contributed by atoms with van der Waals surface area (Å²) in [5.41, 5.74) is 4.37. The number of carbonyl (C=O) groups excluding carboxylic acids is 1. The van der Waals surface area contributed by atoms with E-state index in [1.165, 1.54) is 12.1 Å². The molecule has 0 saturated carbocycles. The Bertz CT molecular complexity index is 675. The first kappa shape index (κ1) is 17.1. The van der Waals surface area contributed by atoms with Gasteiger partial charge in [-0.25, -0.2) is 17.5 Å². The molecule has 1 aromatic rings. The van der Waals surface area contributed by atoms with E-state index in [-0.39, 0.29) is 11.6 Å². The van der Waals surface area contributed by atoms with Gasteiger partial charge in [0.2, 0.25) is 15.9 Å². The molecule has 0 aliphatic carbocycles. The number of ether oxygens (including phenoxy) is 1. The highest BCUT2D eigenvalue weighted by atomic mass is 35.5. The van der Waals surface area contributed by atoms with Gasteiger partial charge in [-0.05, 0) is 25.0 Å². The standard InChI is InChI=1S/C13H16ClFN2O4S/c14-9-2-1-3-10(11(9)15)22(19,20)17-8-13(12(16)18)4-6-21-7-5-13/h1-3,17H,4-8H2,(H2,16,18). The number of sulfonamides is 1. The first-order chi connectivity index (χ1) is 10.3. The number of nitrogens with one attached hydrogen (secondary N) is 1. The fraction of sp³-hybridized carbons (Fsp3) is 0.462. The lowest BCUT2D eigenvalue weighted by Gasteiger charge is -2.34. The molecule has 1 aliphatic rings. The van der Waals surface area contributed by atoms with Crippen molar-refractivity contribution in [3.8, 4) is 0 Å². The minimum absolute atomic E-state index is 0.208. The van der Waals surface area contributed by atoms with Gasteiger partial charge in [-0.15, -0.1) is 0 Å². The molecule has 22 heavy (non-hydrogen) atoms. The first-order valence-electron chi connectivity index (χ1n) is 6.60. The number of rotatable bonds is 5. The second kappa shape index (κ2) is 6.49. The van der Waals surface area contributed by atoms with Gasteiger partial charge in [0, 0.05) is 19.8 Å². The number of carbonyl (C=O) groups is 1. The Morgan fingerprint density at radius 3 is 2.64 bits per heavy atom. The van der Waals surface area contributed by atoms with Crippen LogP contribution in [0.5, 0.6) is 0 Å². The van der Waals surface area contributed by atoms with Gasteiger partial charge in [0.25, 0.3) is 0 Å². The molecule has 122 valence electrons. The molecule has 0 spiro atoms. The van der Waals surface area contributed by atoms with Crippen LogP contribution >= 0.6 is 11.6 Å². The van der Waals surface area contributed by atoms with Gasteiger partial charge in [-0.3, -0.25) is 4.79 Å². The molecule has 0 atom stereocenters. The molecule has 2 rings (SSSR count). The molecule has 1 amide bonds. The zero-order valence-corrected chi connectivity index (χ0v) is 13.2. The molecule has 1 saturated heterocycles. The van der Waals surface area contributed by atoms with Gasteiger partial charge < -0.3 is 10.5 Å². The monoisotopic (exact) mass is 350 g/mol. The smallest absolute Gasteiger partial charge is 0.243 e. The molecular weight excluding hydrogens is 335 g/mol. The molecule has 1 aromatic carbocycles. The van der Waals surface area contributed by atoms with Crippen molar-refractivity contribution in [2.75, 3.05) is 19.8 Å². The van der Waals surface area contributed by atoms with Crippen molar-refractivity contribution in [1.82, 2.24) is 4.72 Å². The Morgan fingerprint density at radius 2 is 2.05 bits per heavy atom. The molecular formula is C13H16ClFN2O4S. The highest BCUT2D eigenvalue weighted by molar-refractivity contribution is 7.89. The van der Waals surface area contributed by atoms with Crippen LogP contribution in [0.25, 0.3) is 0 Å². The summed E-state index contributed by atoms with van der Waals surface area (Å²) in [6, 6.07) is 3.68. The third-order valence-corrected chi connectivity index (χ3v) is 5.49. The predicted octanol–water partition coefficient (Wildman–Crippen LogP) is 1.04. The summed E-state index contributed by atoms with van der Waals surface area (Å²) in [6.45, 7) is 0.423. The lowest BCUT2D eigenvalue weighted by molar-refractivity contribution is -0.132. The van der Waals surface area contributed by atoms with Crippen molar-refractivity contribution in [3.05, 3.63) is 29.0 Å². The Labute approximate surface area is 132 Å². The van der Waals surface area contributed by atoms with Crippen LogP contribution in [0.1, 0.15) is 12.8 Å². The van der Waals surface area contributed by atoms with Crippen LogP contribution in [-0.4, -0.2) is 34.1 Å². The third-order valence-electron chi connectivity index (χ3n) is 3.78. The molecule has 1 fully saturated rings. The van der Waals surface area contributed by atoms with E-state index in [0.717, 1.165) is 6.07 Å². The summed E-state index contributed by atoms with van der Waals surface area (Å²) >= 11 is 5.59. The molecule has 0 aromatic heterocycles. The second-order valence-corrected chi connectivity index (χ2v) is 7.28. The zero-order valence-electron chi connectivity index (χ0n) is 11.6. The maximum atomic E-state index is 13.9. The van der Waals surface area contributed by atoms with Gasteiger partial charge in [-0.1, -0.05) is 17.7 Å². The fourth-order valence-electron chi connectivity index (χ4n) is 2.27. The van der Waals surface area contributed by atoms with Crippen molar-refractivity contribution >= 4 is 27.5 Å². The lowest BCUT2D eigenvalue weighted by atomic mass is 9.80. The Balaban J connectivity index is 2.21. The maximum absolute atomic E-state index is 13.9. The van der Waals surface area contributed by atoms with Gasteiger partial charge in [-0.2, -0.15) is 0 Å². The van der Waals surface area contributed by atoms with E-state index in [1.807, 2.05) is 0 Å². The van der Waals surface area contributed by atoms with E-state index in [2.05, 4.69) is 4.72 Å². The van der Waals surface area contributed by atoms with Crippen LogP contribution in [0.15, 0.2) is 23.1 Å². The van der Waals surface area contributed by atoms with Crippen molar-refractivity contribution < 1.29 is 22.3 Å². The number of halogens is 2. The molecule has 0 bridgehead atoms. The van der Waals surface area contributed by atoms with Crippen molar-refractivity contribution in [2.45, 2.75) is 17.7 Å². The van der Waals surface area contributed by atoms with Crippen LogP contribution in [-0.2, 0) is 19.6 Å². The summed E-state index contributed by atoms with van der Waals surface area (Å²) in [5.74, 6) is -1.64. The van der Waals surface area contributed by atoms with Gasteiger partial charge in [0.05, 0.1) is 10.4 Å². The van der Waals surface area contributed by atoms with Crippen LogP contribution in [0.4, 0.5) is 4.39 Å². The SMILES string of the molecule is NC(=O)C1(CNS(=O)(=O)c2cccc(Cl)c2F)CCOCC1. The van der Waals surface area contributed by atoms with E-state index in [9.17, 15) is 17.6 Å². The van der Waals surface area contributed by atoms with Crippen LogP contribution in [0, 0.1) is 11.2 Å². The normalized spacial score (nSPS) is 18.1. The average molecular weight is 351 g/mol. The predicted molar refractivity (Wildman–Crippen MR) is 78.3 cm³/mol. The molecule has 3 N–H and O–H groups in total. The minimum Gasteiger partial charge on any atom is -0.381 e. The third kappa shape index (κ3) is 3.40. The molecule has 1 aliphatic heterocycles. The highest BCUT2D eigenvalue weighted by Crippen LogP contribution is 2.30. The van der Waals surface area contributed by atoms with Gasteiger partial charge >= 0.3 is 0 Å². The minimum atomic E-state index is -4.14. The quantitative estimate of drug-likeness (QED) is 0.828. The zero-order chi connectivity index (χ0) is 16.4. The summed E-state index contributed by atoms with van der Waals surface area (Å²) in [5, 5.41) is -0.293. The second-order valence-electron chi connectivity index (χ2n) is 5.13. The van der Waals surface area contributed by atoms with Crippen molar-refractivity contribution in [1.29, 1.82) is 0 Å². The van der Waals surface area contributed by atoms with E-state index in [0.29, 0.717) is 26.1 Å². The number of nitrogens with two attached hydrogens (primary N) is 1. The number of hydrogen-bond acceptors (Lipinski definition) is 4. The number of benzene rings is 1. The van der Waals surface area contributed by atoms with Gasteiger partial charge in [0.15, 0.2) is 5.82 Å². The van der Waals surface area contributed by atoms with E-state index in [4.69, 9.17) is 22.1 Å². The van der Waals surface area contributed by atoms with Crippen LogP contribution < -0.4 is 10.5 Å². The maximum Gasteiger partial charge on any atom is 0.243 e. The largest absolute Gasteiger partial charge is 0.381 e. The number of amides is 1. The molecule has 9 heteroatoms. The summed E-state index contributed by atoms with van der Waals surface area (Å²) in [6.07, 6.45) is 0.617. The molecule has 1 heterocycles. The summed E-state index contributed by atoms with van der Waals surface area (Å²) in [7, 11) is -4.14.